The molecule has 0 amide bonds. The Morgan fingerprint density at radius 1 is 1.16 bits per heavy atom. The van der Waals surface area contributed by atoms with Gasteiger partial charge in [-0.05, 0) is 44.2 Å². The molecule has 1 aliphatic heterocycles. The summed E-state index contributed by atoms with van der Waals surface area (Å²) >= 11 is 0. The van der Waals surface area contributed by atoms with Crippen molar-refractivity contribution in [2.24, 2.45) is 0 Å². The van der Waals surface area contributed by atoms with Gasteiger partial charge in [0.25, 0.3) is 0 Å². The minimum Gasteiger partial charge on any atom is -0.349 e. The molecule has 3 nitrogen and oxygen atoms in total. The molecule has 0 aliphatic carbocycles. The van der Waals surface area contributed by atoms with Crippen LogP contribution in [0, 0.1) is 5.82 Å². The van der Waals surface area contributed by atoms with E-state index in [0.29, 0.717) is 12.1 Å². The van der Waals surface area contributed by atoms with E-state index in [9.17, 15) is 4.39 Å². The van der Waals surface area contributed by atoms with Crippen LogP contribution >= 0.6 is 0 Å². The molecule has 1 N–H and O–H groups in total. The molecule has 1 aromatic heterocycles. The van der Waals surface area contributed by atoms with Crippen LogP contribution in [0.25, 0.3) is 10.9 Å². The second-order valence-electron chi connectivity index (χ2n) is 5.27. The lowest BCUT2D eigenvalue weighted by molar-refractivity contribution is 0.429. The third-order valence-corrected chi connectivity index (χ3v) is 3.73. The molecule has 2 heterocycles. The Balaban J connectivity index is 2.02. The Morgan fingerprint density at radius 3 is 2.63 bits per heavy atom. The van der Waals surface area contributed by atoms with Gasteiger partial charge in [0.1, 0.15) is 11.6 Å². The summed E-state index contributed by atoms with van der Waals surface area (Å²) in [6.07, 6.45) is 0. The molecule has 0 radical (unpaired) electrons. The summed E-state index contributed by atoms with van der Waals surface area (Å²) in [6.45, 7) is 6.32. The molecule has 4 heteroatoms. The minimum absolute atomic E-state index is 0.217. The number of aromatic nitrogens is 1. The van der Waals surface area contributed by atoms with E-state index in [2.05, 4.69) is 29.0 Å². The summed E-state index contributed by atoms with van der Waals surface area (Å²) < 4.78 is 13.2. The van der Waals surface area contributed by atoms with Crippen molar-refractivity contribution in [2.45, 2.75) is 25.9 Å². The van der Waals surface area contributed by atoms with Gasteiger partial charge in [0.05, 0.1) is 5.52 Å². The molecule has 19 heavy (non-hydrogen) atoms. The monoisotopic (exact) mass is 259 g/mol. The van der Waals surface area contributed by atoms with Crippen molar-refractivity contribution < 1.29 is 4.39 Å². The van der Waals surface area contributed by atoms with Crippen LogP contribution in [0.2, 0.25) is 0 Å². The molecule has 0 unspecified atom stereocenters. The van der Waals surface area contributed by atoms with Gasteiger partial charge in [0.2, 0.25) is 0 Å². The zero-order chi connectivity index (χ0) is 13.4. The molecule has 1 aromatic carbocycles. The van der Waals surface area contributed by atoms with Gasteiger partial charge in [-0.25, -0.2) is 9.37 Å². The average Bonchev–Trinajstić information content (AvgIpc) is 2.38. The average molecular weight is 259 g/mol. The van der Waals surface area contributed by atoms with Crippen molar-refractivity contribution >= 4 is 16.7 Å². The lowest BCUT2D eigenvalue weighted by atomic mass is 10.1. The summed E-state index contributed by atoms with van der Waals surface area (Å²) in [5, 5.41) is 4.26. The molecule has 1 aliphatic rings. The standard InChI is InChI=1S/C15H18FN3/c1-10-8-17-9-11(2)19(10)15-6-3-12-7-13(16)4-5-14(12)18-15/h3-7,10-11,17H,8-9H2,1-2H3/t10-,11+. The number of hydrogen-bond acceptors (Lipinski definition) is 3. The first-order chi connectivity index (χ1) is 9.15. The number of nitrogens with zero attached hydrogens (tertiary/aromatic N) is 2. The van der Waals surface area contributed by atoms with Crippen LogP contribution in [-0.4, -0.2) is 30.2 Å². The molecule has 1 fully saturated rings. The number of fused-ring (bicyclic) bond motifs is 1. The van der Waals surface area contributed by atoms with E-state index < -0.39 is 0 Å². The van der Waals surface area contributed by atoms with Gasteiger partial charge in [-0.15, -0.1) is 0 Å². The van der Waals surface area contributed by atoms with E-state index >= 15 is 0 Å². The number of halogens is 1. The maximum absolute atomic E-state index is 13.2. The Hall–Kier alpha value is -1.68. The van der Waals surface area contributed by atoms with E-state index in [1.165, 1.54) is 12.1 Å². The number of nitrogens with one attached hydrogen (secondary N) is 1. The zero-order valence-electron chi connectivity index (χ0n) is 11.2. The van der Waals surface area contributed by atoms with Crippen LogP contribution in [0.15, 0.2) is 30.3 Å². The molecule has 0 saturated carbocycles. The van der Waals surface area contributed by atoms with Gasteiger partial charge in [0, 0.05) is 30.6 Å². The maximum atomic E-state index is 13.2. The Bertz CT molecular complexity index is 589. The highest BCUT2D eigenvalue weighted by Gasteiger charge is 2.25. The first kappa shape index (κ1) is 12.4. The van der Waals surface area contributed by atoms with Crippen molar-refractivity contribution in [3.8, 4) is 0 Å². The van der Waals surface area contributed by atoms with Crippen LogP contribution < -0.4 is 10.2 Å². The SMILES string of the molecule is C[C@@H]1CNC[C@H](C)N1c1ccc2cc(F)ccc2n1. The number of anilines is 1. The third kappa shape index (κ3) is 2.28. The van der Waals surface area contributed by atoms with Gasteiger partial charge in [-0.3, -0.25) is 0 Å². The lowest BCUT2D eigenvalue weighted by Gasteiger charge is -2.40. The number of piperazine rings is 1. The van der Waals surface area contributed by atoms with Gasteiger partial charge >= 0.3 is 0 Å². The molecule has 3 rings (SSSR count). The minimum atomic E-state index is -0.217. The van der Waals surface area contributed by atoms with Gasteiger partial charge in [-0.1, -0.05) is 0 Å². The van der Waals surface area contributed by atoms with Gasteiger partial charge < -0.3 is 10.2 Å². The summed E-state index contributed by atoms with van der Waals surface area (Å²) in [6, 6.07) is 9.48. The maximum Gasteiger partial charge on any atom is 0.129 e. The van der Waals surface area contributed by atoms with Crippen LogP contribution in [0.5, 0.6) is 0 Å². The first-order valence-electron chi connectivity index (χ1n) is 6.70. The van der Waals surface area contributed by atoms with E-state index in [1.807, 2.05) is 12.1 Å². The molecular formula is C15H18FN3. The van der Waals surface area contributed by atoms with Crippen LogP contribution in [0.4, 0.5) is 10.2 Å². The second kappa shape index (κ2) is 4.78. The molecule has 0 bridgehead atoms. The summed E-state index contributed by atoms with van der Waals surface area (Å²) in [4.78, 5) is 7.00. The highest BCUT2D eigenvalue weighted by atomic mass is 19.1. The Morgan fingerprint density at radius 2 is 1.89 bits per heavy atom. The number of benzene rings is 1. The molecule has 2 atom stereocenters. The number of rotatable bonds is 1. The molecular weight excluding hydrogens is 241 g/mol. The molecule has 2 aromatic rings. The van der Waals surface area contributed by atoms with Gasteiger partial charge in [-0.2, -0.15) is 0 Å². The molecule has 0 spiro atoms. The predicted molar refractivity (Wildman–Crippen MR) is 76.0 cm³/mol. The van der Waals surface area contributed by atoms with E-state index in [0.717, 1.165) is 29.8 Å². The summed E-state index contributed by atoms with van der Waals surface area (Å²) in [7, 11) is 0. The highest BCUT2D eigenvalue weighted by molar-refractivity contribution is 5.80. The van der Waals surface area contributed by atoms with Crippen LogP contribution in [0.1, 0.15) is 13.8 Å². The first-order valence-corrected chi connectivity index (χ1v) is 6.70. The Labute approximate surface area is 112 Å². The second-order valence-corrected chi connectivity index (χ2v) is 5.27. The topological polar surface area (TPSA) is 28.2 Å². The molecule has 100 valence electrons. The third-order valence-electron chi connectivity index (χ3n) is 3.73. The lowest BCUT2D eigenvalue weighted by Crippen LogP contribution is -2.55. The smallest absolute Gasteiger partial charge is 0.129 e. The zero-order valence-corrected chi connectivity index (χ0v) is 11.2. The fraction of sp³-hybridized carbons (Fsp3) is 0.400. The Kier molecular flexibility index (Phi) is 3.11. The van der Waals surface area contributed by atoms with Crippen molar-refractivity contribution in [2.75, 3.05) is 18.0 Å². The highest BCUT2D eigenvalue weighted by Crippen LogP contribution is 2.23. The summed E-state index contributed by atoms with van der Waals surface area (Å²) in [5.41, 5.74) is 0.844. The normalized spacial score (nSPS) is 23.8. The number of hydrogen-bond donors (Lipinski definition) is 1. The van der Waals surface area contributed by atoms with E-state index in [4.69, 9.17) is 0 Å². The van der Waals surface area contributed by atoms with E-state index in [-0.39, 0.29) is 5.82 Å². The predicted octanol–water partition coefficient (Wildman–Crippen LogP) is 2.56. The van der Waals surface area contributed by atoms with Crippen LogP contribution in [-0.2, 0) is 0 Å². The van der Waals surface area contributed by atoms with E-state index in [1.54, 1.807) is 6.07 Å². The van der Waals surface area contributed by atoms with Crippen molar-refractivity contribution in [3.05, 3.63) is 36.1 Å². The van der Waals surface area contributed by atoms with Crippen LogP contribution in [0.3, 0.4) is 0 Å². The largest absolute Gasteiger partial charge is 0.349 e. The van der Waals surface area contributed by atoms with Crippen molar-refractivity contribution in [1.29, 1.82) is 0 Å². The van der Waals surface area contributed by atoms with Crippen molar-refractivity contribution in [1.82, 2.24) is 10.3 Å². The number of pyridine rings is 1. The fourth-order valence-electron chi connectivity index (χ4n) is 2.81. The quantitative estimate of drug-likeness (QED) is 0.853. The van der Waals surface area contributed by atoms with Crippen molar-refractivity contribution in [3.63, 3.8) is 0 Å². The molecule has 1 saturated heterocycles. The van der Waals surface area contributed by atoms with Gasteiger partial charge in [0.15, 0.2) is 0 Å². The summed E-state index contributed by atoms with van der Waals surface area (Å²) in [5.74, 6) is 0.756. The fourth-order valence-corrected chi connectivity index (χ4v) is 2.81.